The van der Waals surface area contributed by atoms with Crippen molar-refractivity contribution in [2.24, 2.45) is 0 Å². The van der Waals surface area contributed by atoms with Gasteiger partial charge in [0.15, 0.2) is 0 Å². The molecule has 8 nitrogen and oxygen atoms in total. The number of rotatable bonds is 9. The molecule has 1 unspecified atom stereocenters. The molecule has 1 fully saturated rings. The fourth-order valence-corrected chi connectivity index (χ4v) is 7.01. The molecule has 11 heteroatoms. The molecule has 0 bridgehead atoms. The number of carbonyl (C=O) groups is 1. The van der Waals surface area contributed by atoms with Gasteiger partial charge in [-0.3, -0.25) is 0 Å². The Labute approximate surface area is 219 Å². The number of nitrogens with zero attached hydrogens (tertiary/aromatic N) is 3. The molecule has 36 heavy (non-hydrogen) atoms. The molecule has 1 atom stereocenters. The first-order valence-corrected chi connectivity index (χ1v) is 16.1. The Morgan fingerprint density at radius 1 is 1.19 bits per heavy atom. The summed E-state index contributed by atoms with van der Waals surface area (Å²) in [7, 11) is 3.25. The van der Waals surface area contributed by atoms with Gasteiger partial charge in [0.25, 0.3) is 0 Å². The van der Waals surface area contributed by atoms with Gasteiger partial charge in [-0.05, 0) is 18.2 Å². The van der Waals surface area contributed by atoms with Crippen LogP contribution in [0, 0.1) is 5.82 Å². The van der Waals surface area contributed by atoms with Crippen molar-refractivity contribution in [2.45, 2.75) is 29.9 Å². The molecule has 192 valence electrons. The molecule has 2 aromatic carbocycles. The van der Waals surface area contributed by atoms with Gasteiger partial charge in [0.2, 0.25) is 0 Å². The Kier molecular flexibility index (Phi) is 8.88. The zero-order valence-electron chi connectivity index (χ0n) is 20.5. The van der Waals surface area contributed by atoms with Crippen LogP contribution in [-0.4, -0.2) is 74.2 Å². The van der Waals surface area contributed by atoms with E-state index in [2.05, 4.69) is 21.0 Å². The summed E-state index contributed by atoms with van der Waals surface area (Å²) >= 11 is 4.35. The van der Waals surface area contributed by atoms with E-state index in [1.54, 1.807) is 26.4 Å². The van der Waals surface area contributed by atoms with Crippen molar-refractivity contribution in [1.82, 2.24) is 14.9 Å². The monoisotopic (exact) mass is 578 g/mol. The van der Waals surface area contributed by atoms with E-state index in [1.807, 2.05) is 11.0 Å². The first-order chi connectivity index (χ1) is 17.4. The van der Waals surface area contributed by atoms with Gasteiger partial charge in [0.1, 0.15) is 5.82 Å². The zero-order valence-corrected chi connectivity index (χ0v) is 23.1. The molecule has 0 saturated carbocycles. The number of aromatic nitrogens is 2. The summed E-state index contributed by atoms with van der Waals surface area (Å²) in [5, 5.41) is 4.78. The first-order valence-electron chi connectivity index (χ1n) is 11.6. The van der Waals surface area contributed by atoms with Gasteiger partial charge in [0.05, 0.1) is 5.02 Å². The van der Waals surface area contributed by atoms with Crippen LogP contribution in [0.2, 0.25) is 15.9 Å². The fraction of sp³-hybridized carbons (Fsp3) is 0.400. The second-order valence-corrected chi connectivity index (χ2v) is 13.6. The number of halogens is 2. The second kappa shape index (κ2) is 12.1. The molecular formula is C25H29AsClFN4O4. The van der Waals surface area contributed by atoms with Crippen molar-refractivity contribution in [2.75, 3.05) is 39.2 Å². The molecular weight excluding hydrogens is 550 g/mol. The molecule has 1 saturated heterocycles. The molecule has 1 aliphatic rings. The number of benzene rings is 2. The number of hydrogen-bond donors (Lipinski definition) is 1. The van der Waals surface area contributed by atoms with E-state index in [4.69, 9.17) is 25.8 Å². The summed E-state index contributed by atoms with van der Waals surface area (Å²) in [5.74, 6) is 1.19. The van der Waals surface area contributed by atoms with Crippen LogP contribution in [0.5, 0.6) is 11.5 Å². The topological polar surface area (TPSA) is 85.8 Å². The number of nitrogens with one attached hydrogen (secondary N) is 1. The Morgan fingerprint density at radius 3 is 2.67 bits per heavy atom. The number of piperidine rings is 1. The molecule has 0 radical (unpaired) electrons. The van der Waals surface area contributed by atoms with Crippen LogP contribution in [0.4, 0.5) is 20.7 Å². The molecule has 1 N–H and O–H groups in total. The Morgan fingerprint density at radius 2 is 1.97 bits per heavy atom. The number of ether oxygens (including phenoxy) is 3. The fourth-order valence-electron chi connectivity index (χ4n) is 4.04. The Bertz CT molecular complexity index is 1230. The van der Waals surface area contributed by atoms with Gasteiger partial charge in [-0.15, -0.1) is 0 Å². The Balaban J connectivity index is 1.49. The van der Waals surface area contributed by atoms with Gasteiger partial charge in [-0.25, -0.2) is 4.39 Å². The van der Waals surface area contributed by atoms with Crippen LogP contribution < -0.4 is 14.8 Å². The molecule has 2 heterocycles. The van der Waals surface area contributed by atoms with Crippen molar-refractivity contribution in [3.63, 3.8) is 0 Å². The number of fused-ring (bicyclic) bond motifs is 1. The van der Waals surface area contributed by atoms with Gasteiger partial charge >= 0.3 is 175 Å². The minimum atomic E-state index is -1.58. The molecule has 3 aromatic rings. The predicted molar refractivity (Wildman–Crippen MR) is 140 cm³/mol. The molecule has 1 aromatic heterocycles. The SMILES string of the molecule is COCC[As](C)C(=O)N1CCC(Oc2cc3c(Nc4ccc(F)c(Cl)c4)ncnc3cc2OC)CC1. The molecule has 4 rings (SSSR count). The third-order valence-corrected chi connectivity index (χ3v) is 10.1. The van der Waals surface area contributed by atoms with Crippen molar-refractivity contribution >= 4 is 53.4 Å². The van der Waals surface area contributed by atoms with Crippen LogP contribution in [-0.2, 0) is 4.74 Å². The average Bonchev–Trinajstić information content (AvgIpc) is 2.89. The molecule has 0 aliphatic carbocycles. The van der Waals surface area contributed by atoms with Crippen LogP contribution in [0.1, 0.15) is 12.8 Å². The van der Waals surface area contributed by atoms with Crippen LogP contribution in [0.15, 0.2) is 36.7 Å². The number of likely N-dealkylation sites (tertiary alicyclic amines) is 1. The molecule has 1 aliphatic heterocycles. The maximum atomic E-state index is 13.6. The number of anilines is 2. The third-order valence-electron chi connectivity index (χ3n) is 6.07. The second-order valence-electron chi connectivity index (χ2n) is 8.50. The summed E-state index contributed by atoms with van der Waals surface area (Å²) < 4.78 is 30.9. The first kappa shape index (κ1) is 26.5. The van der Waals surface area contributed by atoms with E-state index in [9.17, 15) is 9.18 Å². The third kappa shape index (κ3) is 6.20. The Hall–Kier alpha value is -2.61. The van der Waals surface area contributed by atoms with Gasteiger partial charge in [0, 0.05) is 0 Å². The van der Waals surface area contributed by atoms with Crippen LogP contribution in [0.25, 0.3) is 10.9 Å². The quantitative estimate of drug-likeness (QED) is 0.336. The normalized spacial score (nSPS) is 15.1. The van der Waals surface area contributed by atoms with Crippen molar-refractivity contribution in [1.29, 1.82) is 0 Å². The summed E-state index contributed by atoms with van der Waals surface area (Å²) in [6.45, 7) is 1.98. The average molecular weight is 579 g/mol. The van der Waals surface area contributed by atoms with E-state index >= 15 is 0 Å². The number of hydrogen-bond acceptors (Lipinski definition) is 7. The minimum absolute atomic E-state index is 0.0183. The zero-order chi connectivity index (χ0) is 25.7. The van der Waals surface area contributed by atoms with E-state index in [-0.39, 0.29) is 11.1 Å². The van der Waals surface area contributed by atoms with E-state index in [0.29, 0.717) is 52.9 Å². The van der Waals surface area contributed by atoms with Gasteiger partial charge in [-0.2, -0.15) is 0 Å². The summed E-state index contributed by atoms with van der Waals surface area (Å²) in [4.78, 5) is 23.5. The standard InChI is InChI=1S/C25H29AsClFN4O4/c1-26(8-11-34-2)25(33)32-9-6-17(7-10-32)36-23-13-18-21(14-22(23)35-3)29-15-30-24(18)31-16-4-5-20(28)19(27)12-16/h4-5,12-15,17H,6-11H2,1-3H3,(H,29,30,31). The van der Waals surface area contributed by atoms with Gasteiger partial charge < -0.3 is 0 Å². The predicted octanol–water partition coefficient (Wildman–Crippen LogP) is 5.49. The van der Waals surface area contributed by atoms with E-state index < -0.39 is 20.5 Å². The molecule has 0 spiro atoms. The van der Waals surface area contributed by atoms with Crippen molar-refractivity contribution < 1.29 is 23.4 Å². The molecule has 1 amide bonds. The summed E-state index contributed by atoms with van der Waals surface area (Å²) in [6.07, 6.45) is 2.88. The van der Waals surface area contributed by atoms with Crippen LogP contribution >= 0.6 is 11.6 Å². The van der Waals surface area contributed by atoms with Crippen LogP contribution in [0.3, 0.4) is 0 Å². The van der Waals surface area contributed by atoms with E-state index in [0.717, 1.165) is 23.4 Å². The summed E-state index contributed by atoms with van der Waals surface area (Å²) in [6, 6.07) is 8.03. The maximum absolute atomic E-state index is 13.6. The van der Waals surface area contributed by atoms with E-state index in [1.165, 1.54) is 18.5 Å². The number of carbonyl (C=O) groups excluding carboxylic acids is 1. The van der Waals surface area contributed by atoms with Gasteiger partial charge in [-0.1, -0.05) is 11.6 Å². The number of amides is 1. The van der Waals surface area contributed by atoms with Crippen molar-refractivity contribution in [3.8, 4) is 11.5 Å². The summed E-state index contributed by atoms with van der Waals surface area (Å²) in [5.41, 5.74) is 3.35. The number of methoxy groups -OCH3 is 2. The van der Waals surface area contributed by atoms with Crippen molar-refractivity contribution in [3.05, 3.63) is 47.5 Å².